The van der Waals surface area contributed by atoms with E-state index >= 15 is 0 Å². The second-order valence-electron chi connectivity index (χ2n) is 4.43. The van der Waals surface area contributed by atoms with Gasteiger partial charge in [0.05, 0.1) is 26.9 Å². The Kier molecular flexibility index (Phi) is 4.70. The Labute approximate surface area is 107 Å². The highest BCUT2D eigenvalue weighted by molar-refractivity contribution is 6.01. The summed E-state index contributed by atoms with van der Waals surface area (Å²) in [6.07, 6.45) is -0.962. The van der Waals surface area contributed by atoms with Crippen LogP contribution < -0.4 is 0 Å². The van der Waals surface area contributed by atoms with Gasteiger partial charge in [-0.3, -0.25) is 9.59 Å². The summed E-state index contributed by atoms with van der Waals surface area (Å²) < 4.78 is 20.2. The third kappa shape index (κ3) is 1.99. The maximum absolute atomic E-state index is 12.1. The Hall–Kier alpha value is -1.14. The molecule has 0 amide bonds. The van der Waals surface area contributed by atoms with Crippen molar-refractivity contribution in [3.63, 3.8) is 0 Å². The Morgan fingerprint density at radius 1 is 1.11 bits per heavy atom. The smallest absolute Gasteiger partial charge is 0.326 e. The molecule has 0 aromatic rings. The average Bonchev–Trinajstić information content (AvgIpc) is 2.61. The standard InChI is InChI=1S/C12H20O6/c1-7-8(2)18-9(6-15-3)12(7,10(13)16-4)11(14)17-5/h7-9H,6H2,1-5H3/t7-,8-,9+/m1/s1. The van der Waals surface area contributed by atoms with Crippen LogP contribution in [0, 0.1) is 11.3 Å². The van der Waals surface area contributed by atoms with Crippen LogP contribution in [-0.2, 0) is 28.5 Å². The predicted octanol–water partition coefficient (Wildman–Crippen LogP) is 0.389. The number of hydrogen-bond donors (Lipinski definition) is 0. The highest BCUT2D eigenvalue weighted by Crippen LogP contribution is 2.45. The Balaban J connectivity index is 3.26. The molecule has 18 heavy (non-hydrogen) atoms. The fourth-order valence-corrected chi connectivity index (χ4v) is 2.53. The van der Waals surface area contributed by atoms with E-state index in [2.05, 4.69) is 0 Å². The molecular weight excluding hydrogens is 240 g/mol. The van der Waals surface area contributed by atoms with Crippen molar-refractivity contribution in [3.05, 3.63) is 0 Å². The van der Waals surface area contributed by atoms with Crippen LogP contribution >= 0.6 is 0 Å². The lowest BCUT2D eigenvalue weighted by atomic mass is 9.72. The quantitative estimate of drug-likeness (QED) is 0.538. The topological polar surface area (TPSA) is 71.1 Å². The molecule has 3 atom stereocenters. The highest BCUT2D eigenvalue weighted by atomic mass is 16.6. The van der Waals surface area contributed by atoms with Gasteiger partial charge in [-0.05, 0) is 6.92 Å². The fraction of sp³-hybridized carbons (Fsp3) is 0.833. The van der Waals surface area contributed by atoms with Crippen LogP contribution in [0.3, 0.4) is 0 Å². The summed E-state index contributed by atoms with van der Waals surface area (Å²) in [6, 6.07) is 0. The molecule has 1 fully saturated rings. The summed E-state index contributed by atoms with van der Waals surface area (Å²) >= 11 is 0. The summed E-state index contributed by atoms with van der Waals surface area (Å²) in [5, 5.41) is 0. The minimum absolute atomic E-state index is 0.124. The van der Waals surface area contributed by atoms with E-state index in [4.69, 9.17) is 18.9 Å². The van der Waals surface area contributed by atoms with Crippen molar-refractivity contribution in [2.75, 3.05) is 27.9 Å². The summed E-state index contributed by atoms with van der Waals surface area (Å²) in [6.45, 7) is 3.70. The number of esters is 2. The molecule has 0 aromatic heterocycles. The van der Waals surface area contributed by atoms with Gasteiger partial charge in [0.2, 0.25) is 0 Å². The first-order valence-corrected chi connectivity index (χ1v) is 5.77. The molecule has 0 radical (unpaired) electrons. The van der Waals surface area contributed by atoms with Crippen molar-refractivity contribution >= 4 is 11.9 Å². The molecule has 0 aliphatic carbocycles. The Bertz CT molecular complexity index is 311. The van der Waals surface area contributed by atoms with E-state index in [1.54, 1.807) is 13.8 Å². The van der Waals surface area contributed by atoms with Gasteiger partial charge in [0, 0.05) is 13.0 Å². The molecular formula is C12H20O6. The first-order valence-electron chi connectivity index (χ1n) is 5.77. The van der Waals surface area contributed by atoms with Gasteiger partial charge in [0.25, 0.3) is 0 Å². The minimum Gasteiger partial charge on any atom is -0.468 e. The van der Waals surface area contributed by atoms with Crippen LogP contribution in [0.15, 0.2) is 0 Å². The van der Waals surface area contributed by atoms with Crippen molar-refractivity contribution in [3.8, 4) is 0 Å². The van der Waals surface area contributed by atoms with Gasteiger partial charge in [0.1, 0.15) is 6.10 Å². The lowest BCUT2D eigenvalue weighted by Gasteiger charge is -2.31. The fourth-order valence-electron chi connectivity index (χ4n) is 2.53. The van der Waals surface area contributed by atoms with Crippen LogP contribution in [0.5, 0.6) is 0 Å². The maximum atomic E-state index is 12.1. The predicted molar refractivity (Wildman–Crippen MR) is 61.8 cm³/mol. The number of methoxy groups -OCH3 is 3. The minimum atomic E-state index is -1.46. The molecule has 1 saturated heterocycles. The molecule has 1 aliphatic heterocycles. The molecule has 0 spiro atoms. The SMILES string of the molecule is COC[C@@H]1O[C@H](C)[C@@H](C)C1(C(=O)OC)C(=O)OC. The van der Waals surface area contributed by atoms with Crippen LogP contribution in [0.1, 0.15) is 13.8 Å². The van der Waals surface area contributed by atoms with E-state index in [0.29, 0.717) is 0 Å². The first-order chi connectivity index (χ1) is 8.46. The van der Waals surface area contributed by atoms with Crippen molar-refractivity contribution in [1.29, 1.82) is 0 Å². The van der Waals surface area contributed by atoms with Crippen LogP contribution in [0.25, 0.3) is 0 Å². The maximum Gasteiger partial charge on any atom is 0.326 e. The van der Waals surface area contributed by atoms with Crippen LogP contribution in [0.2, 0.25) is 0 Å². The monoisotopic (exact) mass is 260 g/mol. The highest BCUT2D eigenvalue weighted by Gasteiger charge is 2.65. The van der Waals surface area contributed by atoms with Gasteiger partial charge < -0.3 is 18.9 Å². The number of carbonyl (C=O) groups is 2. The molecule has 0 N–H and O–H groups in total. The summed E-state index contributed by atoms with van der Waals surface area (Å²) in [4.78, 5) is 24.2. The molecule has 6 heteroatoms. The van der Waals surface area contributed by atoms with Crippen molar-refractivity contribution in [2.45, 2.75) is 26.1 Å². The molecule has 104 valence electrons. The van der Waals surface area contributed by atoms with Gasteiger partial charge in [-0.25, -0.2) is 0 Å². The Morgan fingerprint density at radius 2 is 1.61 bits per heavy atom. The molecule has 1 aliphatic rings. The van der Waals surface area contributed by atoms with Gasteiger partial charge >= 0.3 is 11.9 Å². The van der Waals surface area contributed by atoms with Crippen LogP contribution in [0.4, 0.5) is 0 Å². The summed E-state index contributed by atoms with van der Waals surface area (Å²) in [5.74, 6) is -1.64. The number of ether oxygens (including phenoxy) is 4. The zero-order valence-electron chi connectivity index (χ0n) is 11.4. The van der Waals surface area contributed by atoms with E-state index in [0.717, 1.165) is 0 Å². The lowest BCUT2D eigenvalue weighted by molar-refractivity contribution is -0.177. The zero-order chi connectivity index (χ0) is 13.9. The lowest BCUT2D eigenvalue weighted by Crippen LogP contribution is -2.52. The molecule has 6 nitrogen and oxygen atoms in total. The molecule has 1 rings (SSSR count). The first kappa shape index (κ1) is 14.9. The molecule has 0 saturated carbocycles. The van der Waals surface area contributed by atoms with Crippen LogP contribution in [-0.4, -0.2) is 52.1 Å². The van der Waals surface area contributed by atoms with E-state index in [1.165, 1.54) is 21.3 Å². The van der Waals surface area contributed by atoms with Crippen molar-refractivity contribution < 1.29 is 28.5 Å². The van der Waals surface area contributed by atoms with Gasteiger partial charge in [0.15, 0.2) is 5.41 Å². The van der Waals surface area contributed by atoms with Gasteiger partial charge in [-0.15, -0.1) is 0 Å². The Morgan fingerprint density at radius 3 is 2.00 bits per heavy atom. The third-order valence-corrected chi connectivity index (χ3v) is 3.67. The second-order valence-corrected chi connectivity index (χ2v) is 4.43. The van der Waals surface area contributed by atoms with Gasteiger partial charge in [-0.2, -0.15) is 0 Å². The molecule has 0 bridgehead atoms. The van der Waals surface area contributed by atoms with E-state index in [-0.39, 0.29) is 18.6 Å². The number of hydrogen-bond acceptors (Lipinski definition) is 6. The molecule has 0 unspecified atom stereocenters. The van der Waals surface area contributed by atoms with E-state index in [9.17, 15) is 9.59 Å². The number of carbonyl (C=O) groups excluding carboxylic acids is 2. The average molecular weight is 260 g/mol. The van der Waals surface area contributed by atoms with E-state index < -0.39 is 23.5 Å². The largest absolute Gasteiger partial charge is 0.468 e. The van der Waals surface area contributed by atoms with Gasteiger partial charge in [-0.1, -0.05) is 6.92 Å². The zero-order valence-corrected chi connectivity index (χ0v) is 11.4. The summed E-state index contributed by atoms with van der Waals surface area (Å²) in [7, 11) is 3.97. The van der Waals surface area contributed by atoms with E-state index in [1.807, 2.05) is 0 Å². The van der Waals surface area contributed by atoms with Crippen molar-refractivity contribution in [1.82, 2.24) is 0 Å². The molecule has 0 aromatic carbocycles. The third-order valence-electron chi connectivity index (χ3n) is 3.67. The number of rotatable bonds is 4. The normalized spacial score (nSPS) is 29.9. The summed E-state index contributed by atoms with van der Waals surface area (Å²) in [5.41, 5.74) is -1.46. The van der Waals surface area contributed by atoms with Crippen molar-refractivity contribution in [2.24, 2.45) is 11.3 Å². The molecule has 1 heterocycles. The second kappa shape index (κ2) is 5.67.